The van der Waals surface area contributed by atoms with Gasteiger partial charge in [0.05, 0.1) is 5.92 Å². The number of nitrogen functional groups attached to an aromatic ring is 1. The van der Waals surface area contributed by atoms with Crippen molar-refractivity contribution in [3.05, 3.63) is 47.7 Å². The smallest absolute Gasteiger partial charge is 0.307 e. The molecule has 25 heavy (non-hydrogen) atoms. The molecule has 6 nitrogen and oxygen atoms in total. The fourth-order valence-electron chi connectivity index (χ4n) is 2.81. The Bertz CT molecular complexity index is 751. The number of carbonyl (C=O) groups is 1. The number of benzene rings is 1. The lowest BCUT2D eigenvalue weighted by molar-refractivity contribution is -0.141. The first kappa shape index (κ1) is 17.4. The Hall–Kier alpha value is -2.41. The summed E-state index contributed by atoms with van der Waals surface area (Å²) in [7, 11) is 0. The van der Waals surface area contributed by atoms with Gasteiger partial charge in [0.25, 0.3) is 0 Å². The Morgan fingerprint density at radius 3 is 2.72 bits per heavy atom. The van der Waals surface area contributed by atoms with Crippen LogP contribution in [0.4, 0.5) is 5.82 Å². The Kier molecular flexibility index (Phi) is 5.33. The Morgan fingerprint density at radius 1 is 1.24 bits per heavy atom. The van der Waals surface area contributed by atoms with Gasteiger partial charge >= 0.3 is 5.97 Å². The molecule has 0 amide bonds. The van der Waals surface area contributed by atoms with Crippen molar-refractivity contribution in [1.82, 2.24) is 4.98 Å². The molecule has 2 unspecified atom stereocenters. The second-order valence-electron chi connectivity index (χ2n) is 6.03. The normalized spacial score (nSPS) is 14.9. The van der Waals surface area contributed by atoms with Crippen LogP contribution in [-0.2, 0) is 17.6 Å². The van der Waals surface area contributed by atoms with Crippen molar-refractivity contribution in [2.24, 2.45) is 5.92 Å². The minimum atomic E-state index is -0.859. The zero-order valence-corrected chi connectivity index (χ0v) is 14.5. The highest BCUT2D eigenvalue weighted by Crippen LogP contribution is 2.33. The molecule has 1 aromatic carbocycles. The van der Waals surface area contributed by atoms with Crippen LogP contribution in [0.1, 0.15) is 17.5 Å². The Balaban J connectivity index is 1.61. The number of rotatable bonds is 7. The van der Waals surface area contributed by atoms with Gasteiger partial charge in [-0.25, -0.2) is 4.98 Å². The molecule has 2 heterocycles. The molecule has 1 aromatic heterocycles. The summed E-state index contributed by atoms with van der Waals surface area (Å²) in [4.78, 5) is 15.7. The molecule has 2 atom stereocenters. The highest BCUT2D eigenvalue weighted by Gasteiger charge is 2.26. The van der Waals surface area contributed by atoms with Gasteiger partial charge in [0.15, 0.2) is 11.5 Å². The number of pyridine rings is 1. The van der Waals surface area contributed by atoms with Crippen LogP contribution in [0, 0.1) is 5.92 Å². The first-order valence-corrected chi connectivity index (χ1v) is 8.54. The van der Waals surface area contributed by atoms with Gasteiger partial charge in [0.2, 0.25) is 6.79 Å². The molecule has 2 aromatic rings. The lowest BCUT2D eigenvalue weighted by Crippen LogP contribution is -2.27. The van der Waals surface area contributed by atoms with Gasteiger partial charge in [-0.15, -0.1) is 0 Å². The predicted molar refractivity (Wildman–Crippen MR) is 97.1 cm³/mol. The number of nitrogens with two attached hydrogens (primary N) is 1. The SMILES string of the molecule is Nc1ccc(CC(C(=O)O)C(S)CCc2ccc3c(c2)OCO3)cn1. The standard InChI is InChI=1S/C18H20N2O4S/c19-17-6-3-12(9-20-17)7-13(18(21)22)16(25)5-2-11-1-4-14-15(8-11)24-10-23-14/h1,3-4,6,8-9,13,16,25H,2,5,7,10H2,(H2,19,20)(H,21,22). The van der Waals surface area contributed by atoms with Gasteiger partial charge in [-0.1, -0.05) is 12.1 Å². The number of hydrogen-bond acceptors (Lipinski definition) is 6. The topological polar surface area (TPSA) is 94.7 Å². The maximum atomic E-state index is 11.6. The molecule has 0 spiro atoms. The van der Waals surface area contributed by atoms with E-state index < -0.39 is 11.9 Å². The zero-order valence-electron chi connectivity index (χ0n) is 13.6. The third-order valence-corrected chi connectivity index (χ3v) is 4.87. The summed E-state index contributed by atoms with van der Waals surface area (Å²) in [6, 6.07) is 9.25. The number of hydrogen-bond donors (Lipinski definition) is 3. The molecule has 1 aliphatic heterocycles. The monoisotopic (exact) mass is 360 g/mol. The van der Waals surface area contributed by atoms with Crippen LogP contribution in [0.25, 0.3) is 0 Å². The number of thiol groups is 1. The first-order chi connectivity index (χ1) is 12.0. The summed E-state index contributed by atoms with van der Waals surface area (Å²) < 4.78 is 10.7. The maximum Gasteiger partial charge on any atom is 0.307 e. The molecule has 0 aliphatic carbocycles. The van der Waals surface area contributed by atoms with Gasteiger partial charge in [-0.2, -0.15) is 12.6 Å². The average molecular weight is 360 g/mol. The van der Waals surface area contributed by atoms with E-state index in [-0.39, 0.29) is 12.0 Å². The average Bonchev–Trinajstić information content (AvgIpc) is 3.06. The lowest BCUT2D eigenvalue weighted by Gasteiger charge is -2.19. The quantitative estimate of drug-likeness (QED) is 0.657. The lowest BCUT2D eigenvalue weighted by atomic mass is 9.93. The number of fused-ring (bicyclic) bond motifs is 1. The van der Waals surface area contributed by atoms with Crippen molar-refractivity contribution in [2.45, 2.75) is 24.5 Å². The van der Waals surface area contributed by atoms with E-state index >= 15 is 0 Å². The summed E-state index contributed by atoms with van der Waals surface area (Å²) >= 11 is 4.54. The highest BCUT2D eigenvalue weighted by molar-refractivity contribution is 7.81. The second kappa shape index (κ2) is 7.65. The molecule has 0 saturated heterocycles. The van der Waals surface area contributed by atoms with Crippen LogP contribution in [-0.4, -0.2) is 28.1 Å². The molecule has 0 bridgehead atoms. The van der Waals surface area contributed by atoms with E-state index in [1.165, 1.54) is 0 Å². The van der Waals surface area contributed by atoms with Crippen LogP contribution in [0.3, 0.4) is 0 Å². The Morgan fingerprint density at radius 2 is 2.00 bits per heavy atom. The fraction of sp³-hybridized carbons (Fsp3) is 0.333. The minimum absolute atomic E-state index is 0.241. The summed E-state index contributed by atoms with van der Waals surface area (Å²) in [6.07, 6.45) is 3.35. The number of carboxylic acid groups (broad SMARTS) is 1. The van der Waals surface area contributed by atoms with E-state index in [1.807, 2.05) is 18.2 Å². The molecule has 0 radical (unpaired) electrons. The molecular weight excluding hydrogens is 340 g/mol. The van der Waals surface area contributed by atoms with Crippen LogP contribution in [0.5, 0.6) is 11.5 Å². The summed E-state index contributed by atoms with van der Waals surface area (Å²) in [6.45, 7) is 0.241. The largest absolute Gasteiger partial charge is 0.481 e. The fourth-order valence-corrected chi connectivity index (χ4v) is 3.17. The van der Waals surface area contributed by atoms with Crippen molar-refractivity contribution in [3.8, 4) is 11.5 Å². The van der Waals surface area contributed by atoms with Crippen LogP contribution < -0.4 is 15.2 Å². The number of ether oxygens (including phenoxy) is 2. The van der Waals surface area contributed by atoms with Crippen LogP contribution in [0.15, 0.2) is 36.5 Å². The number of aryl methyl sites for hydroxylation is 1. The van der Waals surface area contributed by atoms with E-state index in [0.29, 0.717) is 25.1 Å². The molecule has 3 N–H and O–H groups in total. The predicted octanol–water partition coefficient (Wildman–Crippen LogP) is 2.57. The van der Waals surface area contributed by atoms with E-state index in [2.05, 4.69) is 17.6 Å². The third kappa shape index (κ3) is 4.36. The van der Waals surface area contributed by atoms with Crippen molar-refractivity contribution in [3.63, 3.8) is 0 Å². The van der Waals surface area contributed by atoms with E-state index in [0.717, 1.165) is 22.6 Å². The van der Waals surface area contributed by atoms with E-state index in [9.17, 15) is 9.90 Å². The highest BCUT2D eigenvalue weighted by atomic mass is 32.1. The van der Waals surface area contributed by atoms with Gasteiger partial charge in [0.1, 0.15) is 5.82 Å². The zero-order chi connectivity index (χ0) is 17.8. The van der Waals surface area contributed by atoms with Gasteiger partial charge < -0.3 is 20.3 Å². The second-order valence-corrected chi connectivity index (χ2v) is 6.70. The summed E-state index contributed by atoms with van der Waals surface area (Å²) in [5.74, 6) is 0.438. The molecule has 1 aliphatic rings. The number of aliphatic carboxylic acids is 1. The Labute approximate surface area is 151 Å². The molecule has 132 valence electrons. The van der Waals surface area contributed by atoms with Crippen LogP contribution >= 0.6 is 12.6 Å². The molecule has 0 saturated carbocycles. The molecule has 7 heteroatoms. The van der Waals surface area contributed by atoms with Crippen molar-refractivity contribution >= 4 is 24.4 Å². The maximum absolute atomic E-state index is 11.6. The van der Waals surface area contributed by atoms with Crippen molar-refractivity contribution < 1.29 is 19.4 Å². The first-order valence-electron chi connectivity index (χ1n) is 8.03. The van der Waals surface area contributed by atoms with Crippen LogP contribution in [0.2, 0.25) is 0 Å². The van der Waals surface area contributed by atoms with Crippen molar-refractivity contribution in [1.29, 1.82) is 0 Å². The van der Waals surface area contributed by atoms with Gasteiger partial charge in [-0.3, -0.25) is 4.79 Å². The van der Waals surface area contributed by atoms with Gasteiger partial charge in [0, 0.05) is 11.4 Å². The summed E-state index contributed by atoms with van der Waals surface area (Å²) in [5.41, 5.74) is 7.47. The van der Waals surface area contributed by atoms with Gasteiger partial charge in [-0.05, 0) is 48.6 Å². The van der Waals surface area contributed by atoms with E-state index in [1.54, 1.807) is 18.3 Å². The number of aromatic nitrogens is 1. The summed E-state index contributed by atoms with van der Waals surface area (Å²) in [5, 5.41) is 9.28. The third-order valence-electron chi connectivity index (χ3n) is 4.25. The van der Waals surface area contributed by atoms with E-state index in [4.69, 9.17) is 15.2 Å². The van der Waals surface area contributed by atoms with Crippen molar-refractivity contribution in [2.75, 3.05) is 12.5 Å². The molecular formula is C18H20N2O4S. The number of carboxylic acids is 1. The molecule has 3 rings (SSSR count). The number of anilines is 1. The molecule has 0 fully saturated rings. The number of nitrogens with zero attached hydrogens (tertiary/aromatic N) is 1. The minimum Gasteiger partial charge on any atom is -0.481 e.